The smallest absolute Gasteiger partial charge is 0.0164 e. The van der Waals surface area contributed by atoms with Gasteiger partial charge in [0.2, 0.25) is 0 Å². The second kappa shape index (κ2) is 19.8. The van der Waals surface area contributed by atoms with Gasteiger partial charge in [0, 0.05) is 5.41 Å². The molecule has 0 amide bonds. The quantitative estimate of drug-likeness (QED) is 0.177. The molecule has 2 aromatic carbocycles. The molecule has 0 N–H and O–H groups in total. The fourth-order valence-electron chi connectivity index (χ4n) is 9.52. The van der Waals surface area contributed by atoms with Gasteiger partial charge in [0.15, 0.2) is 0 Å². The summed E-state index contributed by atoms with van der Waals surface area (Å²) in [4.78, 5) is 0. The van der Waals surface area contributed by atoms with E-state index >= 15 is 0 Å². The number of benzene rings is 2. The third-order valence-corrected chi connectivity index (χ3v) is 14.0. The van der Waals surface area contributed by atoms with Gasteiger partial charge >= 0.3 is 0 Å². The molecule has 0 bridgehead atoms. The summed E-state index contributed by atoms with van der Waals surface area (Å²) in [5, 5.41) is 0. The molecule has 318 valence electrons. The van der Waals surface area contributed by atoms with E-state index in [2.05, 4.69) is 224 Å². The van der Waals surface area contributed by atoms with E-state index in [0.717, 1.165) is 6.42 Å². The van der Waals surface area contributed by atoms with Crippen molar-refractivity contribution in [2.45, 2.75) is 150 Å². The van der Waals surface area contributed by atoms with Crippen molar-refractivity contribution in [1.82, 2.24) is 0 Å². The Morgan fingerprint density at radius 3 is 1.18 bits per heavy atom. The Bertz CT molecular complexity index is 2410. The van der Waals surface area contributed by atoms with Crippen molar-refractivity contribution in [3.8, 4) is 11.1 Å². The van der Waals surface area contributed by atoms with Crippen LogP contribution >= 0.6 is 0 Å². The second-order valence-corrected chi connectivity index (χ2v) is 19.1. The topological polar surface area (TPSA) is 0 Å². The highest BCUT2D eigenvalue weighted by Gasteiger charge is 2.42. The van der Waals surface area contributed by atoms with Crippen LogP contribution < -0.4 is 0 Å². The van der Waals surface area contributed by atoms with Gasteiger partial charge in [0.05, 0.1) is 0 Å². The summed E-state index contributed by atoms with van der Waals surface area (Å²) in [5.74, 6) is 1.16. The van der Waals surface area contributed by atoms with Crippen molar-refractivity contribution in [2.75, 3.05) is 0 Å². The molecule has 4 rings (SSSR count). The van der Waals surface area contributed by atoms with Gasteiger partial charge in [-0.3, -0.25) is 0 Å². The molecule has 60 heavy (non-hydrogen) atoms. The number of rotatable bonds is 13. The molecular formula is C60H78. The zero-order valence-corrected chi connectivity index (χ0v) is 41.4. The van der Waals surface area contributed by atoms with Crippen LogP contribution in [0, 0.1) is 53.4 Å². The first-order valence-electron chi connectivity index (χ1n) is 22.5. The summed E-state index contributed by atoms with van der Waals surface area (Å²) >= 11 is 0. The maximum atomic E-state index is 2.45. The van der Waals surface area contributed by atoms with E-state index < -0.39 is 0 Å². The fraction of sp³-hybridized carbons (Fsp3) is 0.400. The molecule has 0 aliphatic heterocycles. The lowest BCUT2D eigenvalue weighted by Crippen LogP contribution is -2.19. The molecule has 2 aliphatic carbocycles. The maximum absolute atomic E-state index is 2.45. The predicted molar refractivity (Wildman–Crippen MR) is 271 cm³/mol. The standard InChI is InChI=1S/C60H78/c1-36(2)34-43(10)42(9)27-22-21-26-38(5)40(7)29-24-32-53-46(13)48(15)56-57-49(16)47(14)54(51(18)59(57)60(19,20)58(56)50(53)17)33-25-30-41(8)39(6)28-23-31-52-35-55(37(3)4)45(12)44(52)11/h21-34,36-37H,35H2,1-20H3/b22-21+,31-23+,32-24+,33-25+,38-26?,39-28?,40-29?,41-30?,42-27?,43-34?. The van der Waals surface area contributed by atoms with Crippen molar-refractivity contribution in [3.63, 3.8) is 0 Å². The van der Waals surface area contributed by atoms with Crippen LogP contribution in [0.3, 0.4) is 0 Å². The van der Waals surface area contributed by atoms with E-state index in [1.54, 1.807) is 5.57 Å². The van der Waals surface area contributed by atoms with E-state index in [4.69, 9.17) is 0 Å². The van der Waals surface area contributed by atoms with Crippen LogP contribution in [0.2, 0.25) is 0 Å². The van der Waals surface area contributed by atoms with Crippen LogP contribution in [0.25, 0.3) is 23.3 Å². The number of allylic oxidation sites excluding steroid dienone is 22. The average molecular weight is 799 g/mol. The molecule has 0 fully saturated rings. The minimum absolute atomic E-state index is 0.122. The van der Waals surface area contributed by atoms with Crippen LogP contribution in [0.4, 0.5) is 0 Å². The Balaban J connectivity index is 1.62. The minimum Gasteiger partial charge on any atom is -0.0788 e. The van der Waals surface area contributed by atoms with Gasteiger partial charge in [-0.25, -0.2) is 0 Å². The zero-order valence-electron chi connectivity index (χ0n) is 41.4. The molecule has 0 unspecified atom stereocenters. The molecule has 0 atom stereocenters. The van der Waals surface area contributed by atoms with E-state index in [0.29, 0.717) is 11.8 Å². The summed E-state index contributed by atoms with van der Waals surface area (Å²) in [6, 6.07) is 0. The van der Waals surface area contributed by atoms with Gasteiger partial charge in [-0.15, -0.1) is 0 Å². The van der Waals surface area contributed by atoms with Gasteiger partial charge in [-0.2, -0.15) is 0 Å². The monoisotopic (exact) mass is 799 g/mol. The highest BCUT2D eigenvalue weighted by molar-refractivity contribution is 5.92. The van der Waals surface area contributed by atoms with Gasteiger partial charge in [-0.1, -0.05) is 138 Å². The Hall–Kier alpha value is -4.68. The van der Waals surface area contributed by atoms with E-state index in [-0.39, 0.29) is 5.41 Å². The Morgan fingerprint density at radius 2 is 0.817 bits per heavy atom. The third-order valence-electron chi connectivity index (χ3n) is 14.0. The first-order chi connectivity index (χ1) is 28.0. The number of hydrogen-bond donors (Lipinski definition) is 0. The first-order valence-corrected chi connectivity index (χ1v) is 22.5. The molecule has 0 aromatic heterocycles. The van der Waals surface area contributed by atoms with Crippen LogP contribution in [-0.4, -0.2) is 0 Å². The van der Waals surface area contributed by atoms with E-state index in [1.165, 1.54) is 117 Å². The van der Waals surface area contributed by atoms with Gasteiger partial charge in [0.25, 0.3) is 0 Å². The second-order valence-electron chi connectivity index (χ2n) is 19.1. The largest absolute Gasteiger partial charge is 0.0788 e. The lowest BCUT2D eigenvalue weighted by Gasteiger charge is -2.28. The Morgan fingerprint density at radius 1 is 0.450 bits per heavy atom. The number of hydrogen-bond acceptors (Lipinski definition) is 0. The minimum atomic E-state index is -0.122. The molecule has 0 saturated heterocycles. The zero-order chi connectivity index (χ0) is 45.0. The van der Waals surface area contributed by atoms with Crippen LogP contribution in [0.1, 0.15) is 159 Å². The van der Waals surface area contributed by atoms with Gasteiger partial charge in [0.1, 0.15) is 0 Å². The van der Waals surface area contributed by atoms with Crippen molar-refractivity contribution in [3.05, 3.63) is 184 Å². The Labute approximate surface area is 368 Å². The molecule has 2 aromatic rings. The lowest BCUT2D eigenvalue weighted by atomic mass is 9.75. The summed E-state index contributed by atoms with van der Waals surface area (Å²) in [7, 11) is 0. The molecule has 0 nitrogen and oxygen atoms in total. The fourth-order valence-corrected chi connectivity index (χ4v) is 9.52. The van der Waals surface area contributed by atoms with E-state index in [9.17, 15) is 0 Å². The number of fused-ring (bicyclic) bond motifs is 3. The SMILES string of the molecule is CC(=C/C=C/C=C(C)C(C)=CC(C)C)C(C)=C/C=C/c1c(C)c(C)c2c(c1C)C(C)(C)c1c(C)c(/C=C/C=C(C)C(C)=C/C=C/C3=C(C)C(C)=C(C(C)C)C3)c(C)c(C)c1-2. The van der Waals surface area contributed by atoms with Crippen molar-refractivity contribution < 1.29 is 0 Å². The third kappa shape index (κ3) is 10.1. The summed E-state index contributed by atoms with van der Waals surface area (Å²) in [5.41, 5.74) is 30.5. The normalized spacial score (nSPS) is 17.2. The molecule has 0 radical (unpaired) electrons. The van der Waals surface area contributed by atoms with Gasteiger partial charge < -0.3 is 0 Å². The molecule has 0 saturated carbocycles. The van der Waals surface area contributed by atoms with Crippen molar-refractivity contribution in [2.24, 2.45) is 11.8 Å². The predicted octanol–water partition coefficient (Wildman–Crippen LogP) is 18.0. The highest BCUT2D eigenvalue weighted by Crippen LogP contribution is 2.56. The molecule has 0 heterocycles. The lowest BCUT2D eigenvalue weighted by molar-refractivity contribution is 0.649. The van der Waals surface area contributed by atoms with Crippen molar-refractivity contribution in [1.29, 1.82) is 0 Å². The Kier molecular flexibility index (Phi) is 15.8. The van der Waals surface area contributed by atoms with Crippen LogP contribution in [0.5, 0.6) is 0 Å². The molecule has 2 aliphatic rings. The average Bonchev–Trinajstić information content (AvgIpc) is 3.61. The summed E-state index contributed by atoms with van der Waals surface area (Å²) in [6.07, 6.45) is 32.7. The first kappa shape index (κ1) is 48.0. The van der Waals surface area contributed by atoms with E-state index in [1.807, 2.05) is 0 Å². The maximum Gasteiger partial charge on any atom is 0.0164 e. The molecule has 0 heteroatoms. The highest BCUT2D eigenvalue weighted by atomic mass is 14.4. The summed E-state index contributed by atoms with van der Waals surface area (Å²) < 4.78 is 0. The molecule has 0 spiro atoms. The van der Waals surface area contributed by atoms with Crippen LogP contribution in [0.15, 0.2) is 129 Å². The van der Waals surface area contributed by atoms with Crippen LogP contribution in [-0.2, 0) is 5.41 Å². The van der Waals surface area contributed by atoms with Gasteiger partial charge in [-0.05, 0) is 227 Å². The van der Waals surface area contributed by atoms with Crippen molar-refractivity contribution >= 4 is 12.2 Å². The molecular weight excluding hydrogens is 721 g/mol. The summed E-state index contributed by atoms with van der Waals surface area (Å²) in [6.45, 7) is 45.8.